The second-order valence-corrected chi connectivity index (χ2v) is 16.6. The molecule has 0 unspecified atom stereocenters. The summed E-state index contributed by atoms with van der Waals surface area (Å²) in [4.78, 5) is 2.67. The van der Waals surface area contributed by atoms with Gasteiger partial charge in [0.25, 0.3) is 10.0 Å². The van der Waals surface area contributed by atoms with Crippen LogP contribution in [0, 0.1) is 13.8 Å². The summed E-state index contributed by atoms with van der Waals surface area (Å²) in [7, 11) is -7.82. The number of rotatable bonds is 10. The molecule has 5 aromatic carbocycles. The second kappa shape index (κ2) is 13.0. The number of para-hydroxylation sites is 2. The number of hydrogen-bond donors (Lipinski definition) is 0. The van der Waals surface area contributed by atoms with Gasteiger partial charge in [-0.1, -0.05) is 108 Å². The van der Waals surface area contributed by atoms with Crippen molar-refractivity contribution >= 4 is 31.4 Å². The van der Waals surface area contributed by atoms with Crippen LogP contribution < -0.4 is 9.21 Å². The van der Waals surface area contributed by atoms with Crippen LogP contribution in [0.25, 0.3) is 0 Å². The molecule has 2 aliphatic rings. The summed E-state index contributed by atoms with van der Waals surface area (Å²) in [5, 5.41) is 0. The summed E-state index contributed by atoms with van der Waals surface area (Å²) in [6.07, 6.45) is 4.00. The Bertz CT molecular complexity index is 2190. The Morgan fingerprint density at radius 3 is 1.94 bits per heavy atom. The first-order valence-electron chi connectivity index (χ1n) is 16.4. The third-order valence-corrected chi connectivity index (χ3v) is 13.3. The molecule has 9 heteroatoms. The first-order valence-corrected chi connectivity index (χ1v) is 19.3. The average Bonchev–Trinajstić information content (AvgIpc) is 3.62. The zero-order chi connectivity index (χ0) is 34.2. The van der Waals surface area contributed by atoms with E-state index in [4.69, 9.17) is 0 Å². The van der Waals surface area contributed by atoms with E-state index in [1.54, 1.807) is 59.0 Å². The van der Waals surface area contributed by atoms with Gasteiger partial charge in [-0.3, -0.25) is 0 Å². The number of allylic oxidation sites excluding steroid dienone is 1. The lowest BCUT2D eigenvalue weighted by molar-refractivity contribution is 0.303. The first kappa shape index (κ1) is 32.8. The minimum Gasteiger partial charge on any atom is -0.349 e. The van der Waals surface area contributed by atoms with Crippen LogP contribution in [0.2, 0.25) is 0 Å². The molecule has 1 fully saturated rings. The highest BCUT2D eigenvalue weighted by Crippen LogP contribution is 2.56. The lowest BCUT2D eigenvalue weighted by atomic mass is 9.76. The summed E-state index contributed by atoms with van der Waals surface area (Å²) in [5.41, 5.74) is 4.97. The Morgan fingerprint density at radius 1 is 0.714 bits per heavy atom. The summed E-state index contributed by atoms with van der Waals surface area (Å²) in [6, 6.07) is 41.1. The molecule has 5 aromatic rings. The Balaban J connectivity index is 1.32. The maximum atomic E-state index is 14.5. The topological polar surface area (TPSA) is 78.0 Å². The normalized spacial score (nSPS) is 19.2. The van der Waals surface area contributed by atoms with Crippen LogP contribution in [0.3, 0.4) is 0 Å². The molecule has 1 saturated heterocycles. The molecular formula is C40H39N3O4S2. The van der Waals surface area contributed by atoms with Gasteiger partial charge in [0.15, 0.2) is 0 Å². The van der Waals surface area contributed by atoms with Crippen LogP contribution in [0.1, 0.15) is 35.1 Å². The molecule has 0 saturated carbocycles. The Hall–Kier alpha value is -4.70. The van der Waals surface area contributed by atoms with Crippen molar-refractivity contribution in [1.82, 2.24) is 4.31 Å². The van der Waals surface area contributed by atoms with Gasteiger partial charge in [0.1, 0.15) is 6.17 Å². The number of sulfonamides is 2. The highest BCUT2D eigenvalue weighted by Gasteiger charge is 2.59. The van der Waals surface area contributed by atoms with Crippen LogP contribution in [0.4, 0.5) is 11.4 Å². The van der Waals surface area contributed by atoms with Crippen LogP contribution in [0.5, 0.6) is 0 Å². The van der Waals surface area contributed by atoms with Crippen molar-refractivity contribution < 1.29 is 16.8 Å². The van der Waals surface area contributed by atoms with Gasteiger partial charge in [0.05, 0.1) is 15.5 Å². The lowest BCUT2D eigenvalue weighted by Crippen LogP contribution is -2.51. The quantitative estimate of drug-likeness (QED) is 0.150. The van der Waals surface area contributed by atoms with Gasteiger partial charge in [0, 0.05) is 30.4 Å². The molecule has 0 aliphatic carbocycles. The minimum atomic E-state index is -3.95. The Morgan fingerprint density at radius 2 is 1.29 bits per heavy atom. The highest BCUT2D eigenvalue weighted by atomic mass is 32.2. The van der Waals surface area contributed by atoms with Crippen LogP contribution in [-0.4, -0.2) is 33.9 Å². The largest absolute Gasteiger partial charge is 0.349 e. The smallest absolute Gasteiger partial charge is 0.268 e. The van der Waals surface area contributed by atoms with Crippen molar-refractivity contribution in [2.45, 2.75) is 54.6 Å². The molecule has 0 N–H and O–H groups in total. The van der Waals surface area contributed by atoms with E-state index in [0.717, 1.165) is 27.9 Å². The third-order valence-electron chi connectivity index (χ3n) is 9.73. The van der Waals surface area contributed by atoms with Gasteiger partial charge in [-0.15, -0.1) is 0 Å². The molecule has 0 bridgehead atoms. The van der Waals surface area contributed by atoms with E-state index in [0.29, 0.717) is 31.6 Å². The molecule has 0 aromatic heterocycles. The summed E-state index contributed by atoms with van der Waals surface area (Å²) in [6.45, 7) is 4.71. The van der Waals surface area contributed by atoms with E-state index in [1.165, 1.54) is 4.31 Å². The monoisotopic (exact) mass is 689 g/mol. The van der Waals surface area contributed by atoms with Crippen LogP contribution >= 0.6 is 0 Å². The van der Waals surface area contributed by atoms with Crippen LogP contribution in [-0.2, 0) is 32.0 Å². The molecule has 2 heterocycles. The first-order chi connectivity index (χ1) is 23.6. The van der Waals surface area contributed by atoms with Crippen molar-refractivity contribution in [2.24, 2.45) is 0 Å². The Labute approximate surface area is 289 Å². The number of nitrogens with zero attached hydrogens (tertiary/aromatic N) is 3. The van der Waals surface area contributed by atoms with Gasteiger partial charge in [-0.05, 0) is 80.3 Å². The van der Waals surface area contributed by atoms with E-state index in [-0.39, 0.29) is 9.79 Å². The van der Waals surface area contributed by atoms with E-state index < -0.39 is 31.6 Å². The van der Waals surface area contributed by atoms with Crippen molar-refractivity contribution in [3.63, 3.8) is 0 Å². The third kappa shape index (κ3) is 5.96. The fraction of sp³-hybridized carbons (Fsp3) is 0.200. The lowest BCUT2D eigenvalue weighted by Gasteiger charge is -2.37. The van der Waals surface area contributed by atoms with Crippen LogP contribution in [0.15, 0.2) is 156 Å². The standard InChI is InChI=1S/C40H39N3O4S2/c1-31-18-22-35(23-19-31)48(44,45)42(34-14-7-4-8-15-34)28-11-26-40-27-29-43(49(46,47)36-24-20-32(2)21-25-36)39(40)41(30-33-12-5-3-6-13-33)38-17-10-9-16-37(38)40/h3-25,28,39H,26-27,29-30H2,1-2H3/b28-11-/t39-,40-/m0/s1. The molecule has 0 radical (unpaired) electrons. The van der Waals surface area contributed by atoms with Gasteiger partial charge in [-0.25, -0.2) is 21.1 Å². The number of fused-ring (bicyclic) bond motifs is 3. The van der Waals surface area contributed by atoms with Gasteiger partial charge < -0.3 is 4.90 Å². The summed E-state index contributed by atoms with van der Waals surface area (Å²) >= 11 is 0. The summed E-state index contributed by atoms with van der Waals surface area (Å²) in [5.74, 6) is 0. The average molecular weight is 690 g/mol. The van der Waals surface area contributed by atoms with Crippen molar-refractivity contribution in [3.8, 4) is 0 Å². The number of aryl methyl sites for hydroxylation is 2. The van der Waals surface area contributed by atoms with Gasteiger partial charge in [-0.2, -0.15) is 4.31 Å². The van der Waals surface area contributed by atoms with Crippen molar-refractivity contribution in [1.29, 1.82) is 0 Å². The second-order valence-electron chi connectivity index (χ2n) is 12.9. The molecule has 7 rings (SSSR count). The molecule has 7 nitrogen and oxygen atoms in total. The molecule has 0 amide bonds. The Kier molecular flexibility index (Phi) is 8.69. The summed E-state index contributed by atoms with van der Waals surface area (Å²) < 4.78 is 60.1. The number of benzene rings is 5. The molecule has 49 heavy (non-hydrogen) atoms. The van der Waals surface area contributed by atoms with Gasteiger partial charge >= 0.3 is 0 Å². The van der Waals surface area contributed by atoms with Gasteiger partial charge in [0.2, 0.25) is 10.0 Å². The van der Waals surface area contributed by atoms with E-state index in [1.807, 2.05) is 80.6 Å². The fourth-order valence-corrected chi connectivity index (χ4v) is 10.3. The molecular weight excluding hydrogens is 651 g/mol. The molecule has 0 spiro atoms. The predicted molar refractivity (Wildman–Crippen MR) is 195 cm³/mol. The van der Waals surface area contributed by atoms with E-state index in [2.05, 4.69) is 29.2 Å². The predicted octanol–water partition coefficient (Wildman–Crippen LogP) is 7.78. The maximum absolute atomic E-state index is 14.5. The number of hydrogen-bond acceptors (Lipinski definition) is 5. The maximum Gasteiger partial charge on any atom is 0.268 e. The van der Waals surface area contributed by atoms with E-state index in [9.17, 15) is 16.8 Å². The zero-order valence-corrected chi connectivity index (χ0v) is 29.2. The molecule has 2 atom stereocenters. The zero-order valence-electron chi connectivity index (χ0n) is 27.6. The minimum absolute atomic E-state index is 0.194. The fourth-order valence-electron chi connectivity index (χ4n) is 7.27. The highest BCUT2D eigenvalue weighted by molar-refractivity contribution is 7.93. The molecule has 2 aliphatic heterocycles. The SMILES string of the molecule is Cc1ccc(S(=O)(=O)N(/C=C\C[C@@]23CCN(S(=O)(=O)c4ccc(C)cc4)[C@@H]2N(Cc2ccccc2)c2ccccc23)c2ccccc2)cc1. The van der Waals surface area contributed by atoms with Crippen molar-refractivity contribution in [3.05, 3.63) is 168 Å². The van der Waals surface area contributed by atoms with Crippen molar-refractivity contribution in [2.75, 3.05) is 15.7 Å². The molecule has 250 valence electrons. The van der Waals surface area contributed by atoms with E-state index >= 15 is 0 Å². The number of anilines is 2.